The number of aromatic nitrogens is 1. The van der Waals surface area contributed by atoms with E-state index >= 15 is 0 Å². The first-order chi connectivity index (χ1) is 17.5. The molecular weight excluding hydrogens is 522 g/mol. The number of nitrogens with one attached hydrogen (secondary N) is 1. The molecular formula is C23H30N5O7S2+. The highest BCUT2D eigenvalue weighted by Crippen LogP contribution is 2.46. The first-order valence-electron chi connectivity index (χ1n) is 11.7. The van der Waals surface area contributed by atoms with E-state index in [4.69, 9.17) is 10.6 Å². The number of hydrogen-bond acceptors (Lipinski definition) is 11. The molecule has 0 spiro atoms. The van der Waals surface area contributed by atoms with Crippen molar-refractivity contribution in [2.75, 3.05) is 45.3 Å². The van der Waals surface area contributed by atoms with E-state index in [1.54, 1.807) is 11.5 Å². The van der Waals surface area contributed by atoms with E-state index in [-0.39, 0.29) is 27.9 Å². The summed E-state index contributed by atoms with van der Waals surface area (Å²) in [6.07, 6.45) is 2.57. The average Bonchev–Trinajstić information content (AvgIpc) is 3.28. The van der Waals surface area contributed by atoms with Gasteiger partial charge in [0.2, 0.25) is 0 Å². The summed E-state index contributed by atoms with van der Waals surface area (Å²) in [7, 11) is 3.25. The quantitative estimate of drug-likeness (QED) is 0.158. The van der Waals surface area contributed by atoms with Crippen LogP contribution in [0.5, 0.6) is 0 Å². The van der Waals surface area contributed by atoms with Crippen molar-refractivity contribution in [1.82, 2.24) is 10.3 Å². The van der Waals surface area contributed by atoms with E-state index in [1.165, 1.54) is 18.9 Å². The number of nitrogen functional groups attached to an aromatic ring is 1. The number of anilines is 1. The highest BCUT2D eigenvalue weighted by atomic mass is 32.2. The molecule has 4 rings (SSSR count). The minimum Gasteiger partial charge on any atom is -0.478 e. The maximum Gasteiger partial charge on any atom is 0.332 e. The number of fused-ring (bicyclic) bond motifs is 1. The number of Topliss-reactive ketones (excluding diaryl/α,β-unsaturated/α-hetero) is 1. The van der Waals surface area contributed by atoms with Crippen LogP contribution < -0.4 is 11.1 Å². The number of thiazole rings is 1. The van der Waals surface area contributed by atoms with Crippen LogP contribution in [0.4, 0.5) is 5.13 Å². The normalized spacial score (nSPS) is 32.2. The SMILES string of the molecule is CO/N=C(\C(=O)N[C@@H]1C(=O)C2C(C(=O)O)=C(/C=C/C[N+]3(C)CC[C@@H](O)[C@H](O)C3)CS[C@@H]21)c1csc(N)n1. The van der Waals surface area contributed by atoms with Gasteiger partial charge in [0.25, 0.3) is 5.91 Å². The van der Waals surface area contributed by atoms with Crippen molar-refractivity contribution in [2.45, 2.75) is 29.9 Å². The van der Waals surface area contributed by atoms with E-state index in [0.717, 1.165) is 11.3 Å². The molecule has 0 radical (unpaired) electrons. The van der Waals surface area contributed by atoms with E-state index in [2.05, 4.69) is 15.5 Å². The molecule has 0 aromatic carbocycles. The number of rotatable bonds is 8. The van der Waals surface area contributed by atoms with Crippen molar-refractivity contribution < 1.29 is 39.0 Å². The number of aliphatic carboxylic acids is 1. The molecule has 0 bridgehead atoms. The first-order valence-corrected chi connectivity index (χ1v) is 13.6. The molecule has 3 aliphatic rings. The van der Waals surface area contributed by atoms with Gasteiger partial charge in [-0.05, 0) is 11.6 Å². The van der Waals surface area contributed by atoms with Gasteiger partial charge in [0.05, 0.1) is 37.7 Å². The third-order valence-corrected chi connectivity index (χ3v) is 9.02. The zero-order valence-electron chi connectivity index (χ0n) is 20.4. The van der Waals surface area contributed by atoms with Gasteiger partial charge in [-0.3, -0.25) is 9.59 Å². The monoisotopic (exact) mass is 552 g/mol. The van der Waals surface area contributed by atoms with E-state index in [9.17, 15) is 29.7 Å². The molecule has 6 atom stereocenters. The Kier molecular flexibility index (Phi) is 8.04. The van der Waals surface area contributed by atoms with E-state index < -0.39 is 41.3 Å². The van der Waals surface area contributed by atoms with E-state index in [1.807, 2.05) is 13.1 Å². The van der Waals surface area contributed by atoms with Crippen molar-refractivity contribution >= 4 is 51.6 Å². The highest BCUT2D eigenvalue weighted by Gasteiger charge is 2.56. The van der Waals surface area contributed by atoms with Crippen molar-refractivity contribution in [1.29, 1.82) is 0 Å². The summed E-state index contributed by atoms with van der Waals surface area (Å²) in [5.74, 6) is -2.68. The van der Waals surface area contributed by atoms with Gasteiger partial charge >= 0.3 is 5.97 Å². The number of nitrogens with zero attached hydrogens (tertiary/aromatic N) is 3. The van der Waals surface area contributed by atoms with Crippen LogP contribution in [0.1, 0.15) is 12.1 Å². The number of hydrogen-bond donors (Lipinski definition) is 5. The minimum atomic E-state index is -1.16. The number of carboxylic acids is 1. The summed E-state index contributed by atoms with van der Waals surface area (Å²) in [4.78, 5) is 46.9. The number of nitrogens with two attached hydrogens (primary N) is 1. The zero-order chi connectivity index (χ0) is 26.9. The molecule has 1 aromatic rings. The van der Waals surface area contributed by atoms with Crippen molar-refractivity contribution in [3.05, 3.63) is 34.4 Å². The summed E-state index contributed by atoms with van der Waals surface area (Å²) < 4.78 is 0.520. The number of carbonyl (C=O) groups is 3. The van der Waals surface area contributed by atoms with Crippen LogP contribution in [0.15, 0.2) is 33.8 Å². The predicted octanol–water partition coefficient (Wildman–Crippen LogP) is -0.616. The number of carboxylic acid groups (broad SMARTS) is 1. The molecule has 1 aliphatic carbocycles. The largest absolute Gasteiger partial charge is 0.478 e. The summed E-state index contributed by atoms with van der Waals surface area (Å²) in [6.45, 7) is 1.64. The van der Waals surface area contributed by atoms with Gasteiger partial charge in [-0.15, -0.1) is 11.3 Å². The number of amides is 1. The number of oxime groups is 1. The number of likely N-dealkylation sites (N-methyl/N-ethyl adjacent to an activating group) is 1. The molecule has 1 amide bonds. The average molecular weight is 553 g/mol. The fourth-order valence-electron chi connectivity index (χ4n) is 4.93. The molecule has 6 N–H and O–H groups in total. The zero-order valence-corrected chi connectivity index (χ0v) is 22.0. The van der Waals surface area contributed by atoms with Gasteiger partial charge in [-0.25, -0.2) is 9.78 Å². The number of likely N-dealkylation sites (tertiary alicyclic amines) is 1. The fraction of sp³-hybridized carbons (Fsp3) is 0.522. The maximum absolute atomic E-state index is 13.0. The van der Waals surface area contributed by atoms with Gasteiger partial charge in [-0.2, -0.15) is 11.8 Å². The molecule has 3 heterocycles. The first kappa shape index (κ1) is 27.3. The minimum absolute atomic E-state index is 0.0466. The Hall–Kier alpha value is -2.78. The third-order valence-electron chi connectivity index (χ3n) is 6.94. The number of carbonyl (C=O) groups excluding carboxylic acids is 2. The van der Waals surface area contributed by atoms with Crippen LogP contribution >= 0.6 is 23.1 Å². The lowest BCUT2D eigenvalue weighted by molar-refractivity contribution is -0.913. The van der Waals surface area contributed by atoms with Crippen LogP contribution in [-0.4, -0.2) is 111 Å². The van der Waals surface area contributed by atoms with Gasteiger partial charge in [0, 0.05) is 22.8 Å². The van der Waals surface area contributed by atoms with Crippen LogP contribution in [0.3, 0.4) is 0 Å². The lowest BCUT2D eigenvalue weighted by Gasteiger charge is -2.46. The highest BCUT2D eigenvalue weighted by molar-refractivity contribution is 8.00. The molecule has 200 valence electrons. The Morgan fingerprint density at radius 1 is 1.38 bits per heavy atom. The van der Waals surface area contributed by atoms with Crippen LogP contribution in [-0.2, 0) is 19.2 Å². The molecule has 1 aromatic heterocycles. The van der Waals surface area contributed by atoms with Crippen LogP contribution in [0, 0.1) is 5.92 Å². The maximum atomic E-state index is 13.0. The van der Waals surface area contributed by atoms with Crippen LogP contribution in [0.25, 0.3) is 0 Å². The molecule has 1 saturated carbocycles. The smallest absolute Gasteiger partial charge is 0.332 e. The van der Waals surface area contributed by atoms with Crippen molar-refractivity contribution in [3.8, 4) is 0 Å². The molecule has 37 heavy (non-hydrogen) atoms. The summed E-state index contributed by atoms with van der Waals surface area (Å²) in [5.41, 5.74) is 6.34. The van der Waals surface area contributed by atoms with Gasteiger partial charge in [0.15, 0.2) is 16.6 Å². The van der Waals surface area contributed by atoms with E-state index in [0.29, 0.717) is 41.9 Å². The summed E-state index contributed by atoms with van der Waals surface area (Å²) in [6, 6.07) is -0.869. The summed E-state index contributed by atoms with van der Waals surface area (Å²) in [5, 5.41) is 37.5. The molecule has 14 heteroatoms. The second-order valence-electron chi connectivity index (χ2n) is 9.58. The number of piperidine rings is 1. The Balaban J connectivity index is 1.46. The van der Waals surface area contributed by atoms with Crippen molar-refractivity contribution in [3.63, 3.8) is 0 Å². The standard InChI is InChI=1S/C23H29N5O7S2/c1-28(7-5-13(29)14(30)8-28)6-3-4-11-9-36-20-16(15(11)22(33)34)19(31)18(20)26-21(32)17(27-35-2)12-10-37-23(24)25-12/h3-4,10,13-14,16,18,20,29-30H,5-9H2,1-2H3,(H3-,24,25,26,32,33,34)/p+1/b4-3+,27-17-/t13-,14-,16?,18-,20+,28?/m1/s1. The lowest BCUT2D eigenvalue weighted by atomic mass is 9.71. The molecule has 2 unspecified atom stereocenters. The van der Waals surface area contributed by atoms with Gasteiger partial charge in [0.1, 0.15) is 31.5 Å². The van der Waals surface area contributed by atoms with Crippen molar-refractivity contribution in [2.24, 2.45) is 11.1 Å². The molecule has 12 nitrogen and oxygen atoms in total. The molecule has 1 saturated heterocycles. The second-order valence-corrected chi connectivity index (χ2v) is 11.6. The Morgan fingerprint density at radius 2 is 2.14 bits per heavy atom. The summed E-state index contributed by atoms with van der Waals surface area (Å²) >= 11 is 2.55. The number of aliphatic hydroxyl groups is 2. The number of aliphatic hydroxyl groups excluding tert-OH is 2. The van der Waals surface area contributed by atoms with Crippen LogP contribution in [0.2, 0.25) is 0 Å². The Labute approximate surface area is 221 Å². The Morgan fingerprint density at radius 3 is 2.76 bits per heavy atom. The fourth-order valence-corrected chi connectivity index (χ4v) is 6.96. The lowest BCUT2D eigenvalue weighted by Crippen LogP contribution is -2.65. The number of ketones is 1. The number of quaternary nitrogens is 1. The third kappa shape index (κ3) is 5.57. The van der Waals surface area contributed by atoms with Gasteiger partial charge < -0.3 is 35.7 Å². The topological polar surface area (TPSA) is 184 Å². The Bertz CT molecular complexity index is 1180. The number of thioether (sulfide) groups is 1. The number of allylic oxidation sites excluding steroid dienone is 1. The predicted molar refractivity (Wildman–Crippen MR) is 138 cm³/mol. The van der Waals surface area contributed by atoms with Gasteiger partial charge in [-0.1, -0.05) is 11.2 Å². The molecule has 2 aliphatic heterocycles. The molecule has 2 fully saturated rings. The second kappa shape index (κ2) is 10.9.